The van der Waals surface area contributed by atoms with Gasteiger partial charge in [0.1, 0.15) is 5.75 Å². The Morgan fingerprint density at radius 3 is 2.62 bits per heavy atom. The Kier molecular flexibility index (Phi) is 7.75. The Labute approximate surface area is 173 Å². The van der Waals surface area contributed by atoms with Crippen molar-refractivity contribution in [2.75, 3.05) is 19.0 Å². The van der Waals surface area contributed by atoms with E-state index < -0.39 is 0 Å². The number of hydrogen-bond donors (Lipinski definition) is 2. The van der Waals surface area contributed by atoms with Crippen LogP contribution in [0.5, 0.6) is 5.75 Å². The van der Waals surface area contributed by atoms with E-state index in [0.717, 1.165) is 17.9 Å². The van der Waals surface area contributed by atoms with E-state index in [0.29, 0.717) is 18.4 Å². The first-order valence-electron chi connectivity index (χ1n) is 8.95. The summed E-state index contributed by atoms with van der Waals surface area (Å²) in [5.74, 6) is 1.80. The third-order valence-corrected chi connectivity index (χ3v) is 4.69. The second-order valence-corrected chi connectivity index (χ2v) is 6.85. The summed E-state index contributed by atoms with van der Waals surface area (Å²) < 4.78 is 5.19. The molecule has 0 heterocycles. The van der Waals surface area contributed by atoms with Crippen molar-refractivity contribution in [3.8, 4) is 5.75 Å². The third-order valence-electron chi connectivity index (χ3n) is 4.69. The Hall–Kier alpha value is -1.76. The monoisotopic (exact) mass is 465 g/mol. The maximum absolute atomic E-state index is 6.05. The van der Waals surface area contributed by atoms with Crippen LogP contribution in [0.1, 0.15) is 30.0 Å². The smallest absolute Gasteiger partial charge is 0.193 e. The highest BCUT2D eigenvalue weighted by Gasteiger charge is 2.11. The Balaban J connectivity index is 0.00000243. The van der Waals surface area contributed by atoms with Gasteiger partial charge in [0.05, 0.1) is 7.11 Å². The minimum absolute atomic E-state index is 0. The van der Waals surface area contributed by atoms with Gasteiger partial charge < -0.3 is 15.8 Å². The van der Waals surface area contributed by atoms with Crippen molar-refractivity contribution in [3.05, 3.63) is 59.2 Å². The number of fused-ring (bicyclic) bond motifs is 1. The zero-order valence-electron chi connectivity index (χ0n) is 15.5. The third kappa shape index (κ3) is 5.62. The molecule has 0 radical (unpaired) electrons. The van der Waals surface area contributed by atoms with E-state index in [-0.39, 0.29) is 24.0 Å². The summed E-state index contributed by atoms with van der Waals surface area (Å²) in [6, 6.07) is 14.7. The van der Waals surface area contributed by atoms with Crippen molar-refractivity contribution < 1.29 is 4.74 Å². The molecule has 0 spiro atoms. The van der Waals surface area contributed by atoms with Crippen LogP contribution in [-0.4, -0.2) is 19.6 Å². The van der Waals surface area contributed by atoms with E-state index >= 15 is 0 Å². The van der Waals surface area contributed by atoms with Crippen molar-refractivity contribution in [1.82, 2.24) is 0 Å². The quantitative estimate of drug-likeness (QED) is 0.378. The number of aliphatic imine (C=N–C) groups is 1. The minimum Gasteiger partial charge on any atom is -0.497 e. The molecule has 0 aliphatic heterocycles. The van der Waals surface area contributed by atoms with Crippen LogP contribution in [0, 0.1) is 5.92 Å². The van der Waals surface area contributed by atoms with E-state index in [1.54, 1.807) is 7.11 Å². The number of nitrogens with one attached hydrogen (secondary N) is 1. The summed E-state index contributed by atoms with van der Waals surface area (Å²) in [5.41, 5.74) is 11.3. The summed E-state index contributed by atoms with van der Waals surface area (Å²) >= 11 is 0. The van der Waals surface area contributed by atoms with Crippen LogP contribution in [-0.2, 0) is 19.3 Å². The average Bonchev–Trinajstić information content (AvgIpc) is 3.08. The lowest BCUT2D eigenvalue weighted by atomic mass is 10.0. The van der Waals surface area contributed by atoms with Gasteiger partial charge in [-0.1, -0.05) is 25.1 Å². The molecular formula is C21H28IN3O. The van der Waals surface area contributed by atoms with E-state index in [2.05, 4.69) is 47.6 Å². The van der Waals surface area contributed by atoms with Crippen LogP contribution >= 0.6 is 24.0 Å². The predicted octanol–water partition coefficient (Wildman–Crippen LogP) is 4.41. The highest BCUT2D eigenvalue weighted by atomic mass is 127. The molecule has 0 fully saturated rings. The number of hydrogen-bond acceptors (Lipinski definition) is 2. The predicted molar refractivity (Wildman–Crippen MR) is 120 cm³/mol. The lowest BCUT2D eigenvalue weighted by Gasteiger charge is -2.11. The summed E-state index contributed by atoms with van der Waals surface area (Å²) in [4.78, 5) is 4.50. The topological polar surface area (TPSA) is 59.6 Å². The number of benzene rings is 2. The molecule has 1 unspecified atom stereocenters. The van der Waals surface area contributed by atoms with E-state index in [4.69, 9.17) is 10.5 Å². The molecule has 3 N–H and O–H groups in total. The molecule has 140 valence electrons. The molecular weight excluding hydrogens is 437 g/mol. The number of methoxy groups -OCH3 is 1. The van der Waals surface area contributed by atoms with E-state index in [1.165, 1.54) is 36.0 Å². The van der Waals surface area contributed by atoms with Crippen LogP contribution < -0.4 is 15.8 Å². The van der Waals surface area contributed by atoms with E-state index in [9.17, 15) is 0 Å². The molecule has 0 saturated carbocycles. The maximum Gasteiger partial charge on any atom is 0.193 e. The van der Waals surface area contributed by atoms with Crippen molar-refractivity contribution in [2.24, 2.45) is 16.6 Å². The fourth-order valence-corrected chi connectivity index (χ4v) is 3.32. The van der Waals surface area contributed by atoms with Crippen LogP contribution in [0.25, 0.3) is 0 Å². The molecule has 2 aromatic carbocycles. The first-order chi connectivity index (χ1) is 12.1. The van der Waals surface area contributed by atoms with Crippen LogP contribution in [0.15, 0.2) is 47.5 Å². The zero-order chi connectivity index (χ0) is 17.6. The lowest BCUT2D eigenvalue weighted by Crippen LogP contribution is -2.24. The van der Waals surface area contributed by atoms with Crippen LogP contribution in [0.3, 0.4) is 0 Å². The number of ether oxygens (including phenoxy) is 1. The Bertz CT molecular complexity index is 743. The van der Waals surface area contributed by atoms with Gasteiger partial charge in [-0.2, -0.15) is 0 Å². The second-order valence-electron chi connectivity index (χ2n) is 6.85. The number of guanidine groups is 1. The standard InChI is InChI=1S/C21H27N3O.HI/c1-15(12-16-6-10-20(25-2)11-7-16)14-23-21(22)24-19-9-8-17-4-3-5-18(17)13-19;/h6-11,13,15H,3-5,12,14H2,1-2H3,(H3,22,23,24);1H. The molecule has 0 amide bonds. The van der Waals surface area contributed by atoms with Crippen molar-refractivity contribution in [1.29, 1.82) is 0 Å². The molecule has 2 aromatic rings. The normalized spacial score (nSPS) is 14.3. The molecule has 0 saturated heterocycles. The summed E-state index contributed by atoms with van der Waals surface area (Å²) in [7, 11) is 1.68. The Morgan fingerprint density at radius 2 is 1.88 bits per heavy atom. The summed E-state index contributed by atoms with van der Waals surface area (Å²) in [6.45, 7) is 2.90. The van der Waals surface area contributed by atoms with Gasteiger partial charge in [-0.3, -0.25) is 4.99 Å². The molecule has 1 atom stereocenters. The molecule has 26 heavy (non-hydrogen) atoms. The van der Waals surface area contributed by atoms with Crippen molar-refractivity contribution in [3.63, 3.8) is 0 Å². The fourth-order valence-electron chi connectivity index (χ4n) is 3.32. The molecule has 1 aliphatic rings. The highest BCUT2D eigenvalue weighted by molar-refractivity contribution is 14.0. The number of nitrogens with two attached hydrogens (primary N) is 1. The maximum atomic E-state index is 6.05. The van der Waals surface area contributed by atoms with Gasteiger partial charge in [-0.25, -0.2) is 0 Å². The minimum atomic E-state index is 0. The molecule has 5 heteroatoms. The van der Waals surface area contributed by atoms with Gasteiger partial charge in [0.25, 0.3) is 0 Å². The molecule has 0 aromatic heterocycles. The number of aryl methyl sites for hydroxylation is 2. The average molecular weight is 465 g/mol. The van der Waals surface area contributed by atoms with E-state index in [1.807, 2.05) is 12.1 Å². The SMILES string of the molecule is COc1ccc(CC(C)CN=C(N)Nc2ccc3c(c2)CCC3)cc1.I. The largest absolute Gasteiger partial charge is 0.497 e. The lowest BCUT2D eigenvalue weighted by molar-refractivity contribution is 0.414. The van der Waals surface area contributed by atoms with Gasteiger partial charge in [0.15, 0.2) is 5.96 Å². The molecule has 0 bridgehead atoms. The van der Waals surface area contributed by atoms with Gasteiger partial charge in [0.2, 0.25) is 0 Å². The number of nitrogens with zero attached hydrogens (tertiary/aromatic N) is 1. The van der Waals surface area contributed by atoms with Gasteiger partial charge >= 0.3 is 0 Å². The molecule has 1 aliphatic carbocycles. The van der Waals surface area contributed by atoms with Crippen molar-refractivity contribution >= 4 is 35.6 Å². The molecule has 3 rings (SSSR count). The summed E-state index contributed by atoms with van der Waals surface area (Å²) in [5, 5.41) is 3.22. The molecule has 4 nitrogen and oxygen atoms in total. The Morgan fingerprint density at radius 1 is 1.15 bits per heavy atom. The number of halogens is 1. The first-order valence-corrected chi connectivity index (χ1v) is 8.95. The zero-order valence-corrected chi connectivity index (χ0v) is 17.8. The van der Waals surface area contributed by atoms with Crippen LogP contribution in [0.4, 0.5) is 5.69 Å². The van der Waals surface area contributed by atoms with Crippen LogP contribution in [0.2, 0.25) is 0 Å². The van der Waals surface area contributed by atoms with Gasteiger partial charge in [-0.05, 0) is 72.6 Å². The number of rotatable bonds is 6. The fraction of sp³-hybridized carbons (Fsp3) is 0.381. The van der Waals surface area contributed by atoms with Gasteiger partial charge in [0, 0.05) is 12.2 Å². The second kappa shape index (κ2) is 9.80. The van der Waals surface area contributed by atoms with Gasteiger partial charge in [-0.15, -0.1) is 24.0 Å². The first kappa shape index (κ1) is 20.6. The summed E-state index contributed by atoms with van der Waals surface area (Å²) in [6.07, 6.45) is 4.59. The van der Waals surface area contributed by atoms with Crippen molar-refractivity contribution in [2.45, 2.75) is 32.6 Å². The highest BCUT2D eigenvalue weighted by Crippen LogP contribution is 2.24. The number of anilines is 1.